The monoisotopic (exact) mass is 492 g/mol. The summed E-state index contributed by atoms with van der Waals surface area (Å²) in [7, 11) is 0. The molecular weight excluding hydrogens is 460 g/mol. The van der Waals surface area contributed by atoms with E-state index < -0.39 is 0 Å². The largest absolute Gasteiger partial charge is 2.00 e. The summed E-state index contributed by atoms with van der Waals surface area (Å²) in [4.78, 5) is 0. The number of benzene rings is 2. The van der Waals surface area contributed by atoms with Gasteiger partial charge in [0.1, 0.15) is 11.5 Å². The predicted octanol–water partition coefficient (Wildman–Crippen LogP) is 7.64. The van der Waals surface area contributed by atoms with Crippen molar-refractivity contribution in [2.24, 2.45) is 0 Å². The fraction of sp³-hybridized carbons (Fsp3) is 0.286. The number of hydrogen-bond donors (Lipinski definition) is 2. The Morgan fingerprint density at radius 1 is 0.645 bits per heavy atom. The number of allylic oxidation sites excluding steroid dienone is 8. The molecule has 0 unspecified atom stereocenters. The maximum atomic E-state index is 9.28. The molecule has 0 fully saturated rings. The first-order valence-electron chi connectivity index (χ1n) is 10.4. The minimum absolute atomic E-state index is 0. The first kappa shape index (κ1) is 28.9. The van der Waals surface area contributed by atoms with Crippen LogP contribution < -0.4 is 0 Å². The van der Waals surface area contributed by atoms with E-state index >= 15 is 0 Å². The standard InChI is InChI=1S/2C9H12O.2C5H5.Zr/c2*1-7(2)8-5-3-4-6-9(8)10;2*1-2-4-5-3-1;/h2*3-7,10H,1-2H3;2*1-3H,4H2;/q;;2*-1;+2. The zero-order valence-electron chi connectivity index (χ0n) is 19.0. The zero-order valence-corrected chi connectivity index (χ0v) is 21.5. The van der Waals surface area contributed by atoms with Crippen LogP contribution in [-0.2, 0) is 26.2 Å². The second-order valence-corrected chi connectivity index (χ2v) is 7.43. The van der Waals surface area contributed by atoms with Crippen LogP contribution >= 0.6 is 0 Å². The van der Waals surface area contributed by atoms with Crippen LogP contribution in [0, 0.1) is 12.2 Å². The van der Waals surface area contributed by atoms with E-state index in [1.54, 1.807) is 12.1 Å². The van der Waals surface area contributed by atoms with Crippen LogP contribution in [-0.4, -0.2) is 10.2 Å². The molecule has 0 amide bonds. The Bertz CT molecular complexity index is 754. The van der Waals surface area contributed by atoms with Crippen LogP contribution in [0.2, 0.25) is 0 Å². The van der Waals surface area contributed by atoms with Gasteiger partial charge < -0.3 is 10.2 Å². The molecule has 0 saturated heterocycles. The molecule has 2 nitrogen and oxygen atoms in total. The number of aromatic hydroxyl groups is 2. The predicted molar refractivity (Wildman–Crippen MR) is 128 cm³/mol. The molecule has 0 aliphatic heterocycles. The summed E-state index contributed by atoms with van der Waals surface area (Å²) in [5.41, 5.74) is 2.03. The van der Waals surface area contributed by atoms with E-state index in [0.717, 1.165) is 24.0 Å². The van der Waals surface area contributed by atoms with Crippen LogP contribution in [0.25, 0.3) is 0 Å². The summed E-state index contributed by atoms with van der Waals surface area (Å²) in [6.45, 7) is 8.26. The van der Waals surface area contributed by atoms with Crippen molar-refractivity contribution in [3.63, 3.8) is 0 Å². The summed E-state index contributed by atoms with van der Waals surface area (Å²) in [6, 6.07) is 14.9. The number of phenols is 2. The number of rotatable bonds is 2. The molecule has 0 saturated carbocycles. The van der Waals surface area contributed by atoms with Crippen molar-refractivity contribution in [3.05, 3.63) is 108 Å². The molecule has 31 heavy (non-hydrogen) atoms. The normalized spacial score (nSPS) is 12.3. The second kappa shape index (κ2) is 17.6. The molecule has 4 rings (SSSR count). The van der Waals surface area contributed by atoms with Crippen molar-refractivity contribution in [1.29, 1.82) is 0 Å². The molecule has 0 radical (unpaired) electrons. The third-order valence-corrected chi connectivity index (χ3v) is 4.29. The fourth-order valence-corrected chi connectivity index (χ4v) is 2.63. The van der Waals surface area contributed by atoms with Crippen LogP contribution in [0.4, 0.5) is 0 Å². The molecule has 0 aromatic heterocycles. The van der Waals surface area contributed by atoms with Gasteiger partial charge in [-0.2, -0.15) is 12.2 Å². The average molecular weight is 494 g/mol. The summed E-state index contributed by atoms with van der Waals surface area (Å²) in [5, 5.41) is 18.6. The van der Waals surface area contributed by atoms with Crippen molar-refractivity contribution in [2.45, 2.75) is 52.4 Å². The third kappa shape index (κ3) is 13.0. The maximum Gasteiger partial charge on any atom is 2.00 e. The van der Waals surface area contributed by atoms with Gasteiger partial charge in [-0.1, -0.05) is 64.1 Å². The van der Waals surface area contributed by atoms with Crippen molar-refractivity contribution in [2.75, 3.05) is 0 Å². The summed E-state index contributed by atoms with van der Waals surface area (Å²) >= 11 is 0. The third-order valence-electron chi connectivity index (χ3n) is 4.29. The minimum atomic E-state index is 0. The van der Waals surface area contributed by atoms with Gasteiger partial charge in [0.25, 0.3) is 0 Å². The second-order valence-electron chi connectivity index (χ2n) is 7.43. The fourth-order valence-electron chi connectivity index (χ4n) is 2.63. The van der Waals surface area contributed by atoms with Crippen LogP contribution in [0.1, 0.15) is 63.5 Å². The van der Waals surface area contributed by atoms with Gasteiger partial charge in [-0.3, -0.25) is 12.2 Å². The smallest absolute Gasteiger partial charge is 0.508 e. The van der Waals surface area contributed by atoms with Crippen molar-refractivity contribution in [1.82, 2.24) is 0 Å². The number of hydrogen-bond acceptors (Lipinski definition) is 2. The Kier molecular flexibility index (Phi) is 16.4. The van der Waals surface area contributed by atoms with E-state index in [9.17, 15) is 10.2 Å². The van der Waals surface area contributed by atoms with Crippen molar-refractivity contribution < 1.29 is 36.4 Å². The summed E-state index contributed by atoms with van der Waals surface area (Å²) in [6.07, 6.45) is 20.0. The van der Waals surface area contributed by atoms with Gasteiger partial charge in [0.05, 0.1) is 0 Å². The minimum Gasteiger partial charge on any atom is -0.508 e. The average Bonchev–Trinajstić information content (AvgIpc) is 3.47. The van der Waals surface area contributed by atoms with E-state index in [1.165, 1.54) is 0 Å². The first-order valence-corrected chi connectivity index (χ1v) is 10.4. The molecule has 0 bridgehead atoms. The van der Waals surface area contributed by atoms with Gasteiger partial charge in [-0.15, -0.1) is 12.8 Å². The van der Waals surface area contributed by atoms with E-state index in [1.807, 2.05) is 60.7 Å². The molecule has 2 aromatic carbocycles. The molecule has 0 spiro atoms. The van der Waals surface area contributed by atoms with E-state index in [0.29, 0.717) is 23.3 Å². The quantitative estimate of drug-likeness (QED) is 0.422. The van der Waals surface area contributed by atoms with Gasteiger partial charge >= 0.3 is 26.2 Å². The summed E-state index contributed by atoms with van der Waals surface area (Å²) in [5.74, 6) is 1.61. The van der Waals surface area contributed by atoms with E-state index in [2.05, 4.69) is 52.0 Å². The zero-order chi connectivity index (χ0) is 22.2. The van der Waals surface area contributed by atoms with Crippen molar-refractivity contribution >= 4 is 0 Å². The summed E-state index contributed by atoms with van der Waals surface area (Å²) < 4.78 is 0. The SMILES string of the molecule is CC(C)c1ccccc1O.CC(C)c1ccccc1O.[C-]1=CC=CC1.[C-]1=CC=CC1.[Zr+2]. The number of phenolic OH excluding ortho intramolecular Hbond substituents is 2. The molecule has 0 atom stereocenters. The molecule has 0 heterocycles. The van der Waals surface area contributed by atoms with Crippen LogP contribution in [0.15, 0.2) is 85.0 Å². The topological polar surface area (TPSA) is 40.5 Å². The molecule has 162 valence electrons. The van der Waals surface area contributed by atoms with Gasteiger partial charge in [-0.25, -0.2) is 24.3 Å². The van der Waals surface area contributed by atoms with Gasteiger partial charge in [0.15, 0.2) is 0 Å². The molecule has 2 aliphatic carbocycles. The van der Waals surface area contributed by atoms with Crippen LogP contribution in [0.5, 0.6) is 11.5 Å². The Morgan fingerprint density at radius 2 is 1.00 bits per heavy atom. The molecule has 2 N–H and O–H groups in total. The Labute approximate surface area is 207 Å². The molecule has 2 aliphatic rings. The van der Waals surface area contributed by atoms with Crippen molar-refractivity contribution in [3.8, 4) is 11.5 Å². The number of para-hydroxylation sites is 2. The Balaban J connectivity index is 0.000000401. The molecule has 3 heteroatoms. The van der Waals surface area contributed by atoms with E-state index in [-0.39, 0.29) is 26.2 Å². The van der Waals surface area contributed by atoms with Gasteiger partial charge in [-0.05, 0) is 35.1 Å². The first-order chi connectivity index (χ1) is 14.4. The molecule has 2 aromatic rings. The molecular formula is C28H34O2Zr. The van der Waals surface area contributed by atoms with Gasteiger partial charge in [0, 0.05) is 0 Å². The van der Waals surface area contributed by atoms with E-state index in [4.69, 9.17) is 0 Å². The Morgan fingerprint density at radius 3 is 1.16 bits per heavy atom. The maximum absolute atomic E-state index is 9.28. The van der Waals surface area contributed by atoms with Gasteiger partial charge in [0.2, 0.25) is 0 Å². The Hall–Kier alpha value is -2.12. The van der Waals surface area contributed by atoms with Crippen LogP contribution in [0.3, 0.4) is 0 Å².